The molecule has 2 heterocycles. The van der Waals surface area contributed by atoms with Crippen LogP contribution in [0, 0.1) is 11.6 Å². The average Bonchev–Trinajstić information content (AvgIpc) is 3.27. The molecule has 4 rings (SSSR count). The van der Waals surface area contributed by atoms with Crippen LogP contribution >= 0.6 is 0 Å². The molecule has 0 aliphatic heterocycles. The fourth-order valence-electron chi connectivity index (χ4n) is 2.43. The molecular formula is C18H11F2N3O. The third kappa shape index (κ3) is 2.48. The summed E-state index contributed by atoms with van der Waals surface area (Å²) in [6.07, 6.45) is 3.87. The Morgan fingerprint density at radius 2 is 1.50 bits per heavy atom. The lowest BCUT2D eigenvalue weighted by Crippen LogP contribution is -1.90. The molecule has 0 aliphatic carbocycles. The van der Waals surface area contributed by atoms with Gasteiger partial charge in [-0.15, -0.1) is 0 Å². The van der Waals surface area contributed by atoms with Gasteiger partial charge >= 0.3 is 0 Å². The molecule has 4 nitrogen and oxygen atoms in total. The molecule has 4 aromatic rings. The molecule has 0 saturated carbocycles. The van der Waals surface area contributed by atoms with Crippen LogP contribution in [0.3, 0.4) is 0 Å². The summed E-state index contributed by atoms with van der Waals surface area (Å²) in [4.78, 5) is 4.10. The summed E-state index contributed by atoms with van der Waals surface area (Å²) < 4.78 is 34.6. The second-order valence-corrected chi connectivity index (χ2v) is 5.16. The Bertz CT molecular complexity index is 956. The van der Waals surface area contributed by atoms with Crippen molar-refractivity contribution in [3.63, 3.8) is 0 Å². The monoisotopic (exact) mass is 323 g/mol. The summed E-state index contributed by atoms with van der Waals surface area (Å²) in [6.45, 7) is 0. The SMILES string of the molecule is Fc1cccc(F)c1-c1nc(-c2ccc(-n3cccc3)cc2)no1. The van der Waals surface area contributed by atoms with Gasteiger partial charge in [-0.05, 0) is 48.5 Å². The number of hydrogen-bond donors (Lipinski definition) is 0. The molecule has 0 amide bonds. The van der Waals surface area contributed by atoms with E-state index in [1.807, 2.05) is 53.4 Å². The molecule has 0 aliphatic rings. The maximum absolute atomic E-state index is 13.8. The molecular weight excluding hydrogens is 312 g/mol. The number of rotatable bonds is 3. The van der Waals surface area contributed by atoms with Crippen LogP contribution in [-0.4, -0.2) is 14.7 Å². The van der Waals surface area contributed by atoms with Crippen LogP contribution in [-0.2, 0) is 0 Å². The summed E-state index contributed by atoms with van der Waals surface area (Å²) in [7, 11) is 0. The predicted molar refractivity (Wildman–Crippen MR) is 84.4 cm³/mol. The molecule has 0 atom stereocenters. The fraction of sp³-hybridized carbons (Fsp3) is 0. The summed E-state index contributed by atoms with van der Waals surface area (Å²) in [5.74, 6) is -1.40. The predicted octanol–water partition coefficient (Wildman–Crippen LogP) is 4.47. The molecule has 118 valence electrons. The van der Waals surface area contributed by atoms with Gasteiger partial charge in [-0.25, -0.2) is 8.78 Å². The van der Waals surface area contributed by atoms with E-state index in [4.69, 9.17) is 4.52 Å². The van der Waals surface area contributed by atoms with E-state index in [9.17, 15) is 8.78 Å². The van der Waals surface area contributed by atoms with Gasteiger partial charge in [0.1, 0.15) is 17.2 Å². The smallest absolute Gasteiger partial charge is 0.264 e. The fourth-order valence-corrected chi connectivity index (χ4v) is 2.43. The first-order chi connectivity index (χ1) is 11.7. The Kier molecular flexibility index (Phi) is 3.42. The number of halogens is 2. The molecule has 24 heavy (non-hydrogen) atoms. The minimum absolute atomic E-state index is 0.185. The van der Waals surface area contributed by atoms with Gasteiger partial charge in [-0.1, -0.05) is 11.2 Å². The van der Waals surface area contributed by atoms with Crippen molar-refractivity contribution in [1.82, 2.24) is 14.7 Å². The zero-order valence-electron chi connectivity index (χ0n) is 12.4. The lowest BCUT2D eigenvalue weighted by Gasteiger charge is -2.02. The van der Waals surface area contributed by atoms with E-state index in [1.165, 1.54) is 6.07 Å². The van der Waals surface area contributed by atoms with Gasteiger partial charge in [0.25, 0.3) is 5.89 Å². The van der Waals surface area contributed by atoms with Crippen molar-refractivity contribution in [2.24, 2.45) is 0 Å². The maximum Gasteiger partial charge on any atom is 0.264 e. The zero-order chi connectivity index (χ0) is 16.5. The van der Waals surface area contributed by atoms with E-state index in [1.54, 1.807) is 0 Å². The number of benzene rings is 2. The highest BCUT2D eigenvalue weighted by Gasteiger charge is 2.18. The van der Waals surface area contributed by atoms with Crippen molar-refractivity contribution in [2.75, 3.05) is 0 Å². The highest BCUT2D eigenvalue weighted by Crippen LogP contribution is 2.27. The summed E-state index contributed by atoms with van der Waals surface area (Å²) in [5, 5.41) is 3.81. The van der Waals surface area contributed by atoms with Crippen LogP contribution in [0.2, 0.25) is 0 Å². The first-order valence-electron chi connectivity index (χ1n) is 7.24. The first-order valence-corrected chi connectivity index (χ1v) is 7.24. The van der Waals surface area contributed by atoms with E-state index in [-0.39, 0.29) is 17.3 Å². The van der Waals surface area contributed by atoms with Crippen molar-refractivity contribution >= 4 is 0 Å². The second-order valence-electron chi connectivity index (χ2n) is 5.16. The molecule has 0 N–H and O–H groups in total. The number of aromatic nitrogens is 3. The van der Waals surface area contributed by atoms with Crippen LogP contribution in [0.25, 0.3) is 28.5 Å². The van der Waals surface area contributed by atoms with Crippen molar-refractivity contribution in [3.8, 4) is 28.5 Å². The lowest BCUT2D eigenvalue weighted by atomic mass is 10.2. The number of nitrogens with zero attached hydrogens (tertiary/aromatic N) is 3. The first kappa shape index (κ1) is 14.3. The van der Waals surface area contributed by atoms with Gasteiger partial charge in [0.15, 0.2) is 0 Å². The van der Waals surface area contributed by atoms with Gasteiger partial charge in [0, 0.05) is 23.6 Å². The lowest BCUT2D eigenvalue weighted by molar-refractivity contribution is 0.426. The van der Waals surface area contributed by atoms with E-state index in [0.29, 0.717) is 5.56 Å². The van der Waals surface area contributed by atoms with Crippen molar-refractivity contribution < 1.29 is 13.3 Å². The summed E-state index contributed by atoms with van der Waals surface area (Å²) >= 11 is 0. The van der Waals surface area contributed by atoms with Gasteiger partial charge in [-0.2, -0.15) is 4.98 Å². The third-order valence-electron chi connectivity index (χ3n) is 3.63. The topological polar surface area (TPSA) is 43.9 Å². The Balaban J connectivity index is 1.68. The molecule has 0 unspecified atom stereocenters. The van der Waals surface area contributed by atoms with Gasteiger partial charge in [-0.3, -0.25) is 0 Å². The Hall–Kier alpha value is -3.28. The molecule has 0 spiro atoms. The Labute approximate surface area is 136 Å². The quantitative estimate of drug-likeness (QED) is 0.558. The second kappa shape index (κ2) is 5.73. The molecule has 0 fully saturated rings. The Morgan fingerprint density at radius 3 is 2.17 bits per heavy atom. The van der Waals surface area contributed by atoms with Crippen LogP contribution in [0.1, 0.15) is 0 Å². The van der Waals surface area contributed by atoms with Crippen molar-refractivity contribution in [1.29, 1.82) is 0 Å². The highest BCUT2D eigenvalue weighted by atomic mass is 19.1. The van der Waals surface area contributed by atoms with Gasteiger partial charge < -0.3 is 9.09 Å². The normalized spacial score (nSPS) is 10.9. The van der Waals surface area contributed by atoms with Crippen molar-refractivity contribution in [3.05, 3.63) is 78.6 Å². The van der Waals surface area contributed by atoms with Gasteiger partial charge in [0.05, 0.1) is 0 Å². The average molecular weight is 323 g/mol. The minimum Gasteiger partial charge on any atom is -0.333 e. The number of hydrogen-bond acceptors (Lipinski definition) is 3. The van der Waals surface area contributed by atoms with E-state index >= 15 is 0 Å². The molecule has 0 bridgehead atoms. The van der Waals surface area contributed by atoms with Crippen LogP contribution in [0.5, 0.6) is 0 Å². The van der Waals surface area contributed by atoms with Gasteiger partial charge in [0.2, 0.25) is 5.82 Å². The Morgan fingerprint density at radius 1 is 0.833 bits per heavy atom. The third-order valence-corrected chi connectivity index (χ3v) is 3.63. The molecule has 0 saturated heterocycles. The summed E-state index contributed by atoms with van der Waals surface area (Å²) in [5.41, 5.74) is 1.35. The highest BCUT2D eigenvalue weighted by molar-refractivity contribution is 5.61. The van der Waals surface area contributed by atoms with Crippen molar-refractivity contribution in [2.45, 2.75) is 0 Å². The largest absolute Gasteiger partial charge is 0.333 e. The maximum atomic E-state index is 13.8. The van der Waals surface area contributed by atoms with E-state index in [0.717, 1.165) is 17.8 Å². The van der Waals surface area contributed by atoms with Crippen LogP contribution < -0.4 is 0 Å². The summed E-state index contributed by atoms with van der Waals surface area (Å²) in [6, 6.07) is 14.9. The minimum atomic E-state index is -0.742. The van der Waals surface area contributed by atoms with Crippen LogP contribution in [0.4, 0.5) is 8.78 Å². The molecule has 2 aromatic carbocycles. The molecule has 6 heteroatoms. The standard InChI is InChI=1S/C18H11F2N3O/c19-14-4-3-5-15(20)16(14)18-21-17(22-24-18)12-6-8-13(9-7-12)23-10-1-2-11-23/h1-11H. The zero-order valence-corrected chi connectivity index (χ0v) is 12.4. The van der Waals surface area contributed by atoms with E-state index in [2.05, 4.69) is 10.1 Å². The molecule has 0 radical (unpaired) electrons. The van der Waals surface area contributed by atoms with E-state index < -0.39 is 11.6 Å². The molecule has 2 aromatic heterocycles. The van der Waals surface area contributed by atoms with Crippen LogP contribution in [0.15, 0.2) is 71.5 Å².